The van der Waals surface area contributed by atoms with E-state index in [-0.39, 0.29) is 17.6 Å². The van der Waals surface area contributed by atoms with Crippen LogP contribution in [-0.4, -0.2) is 22.0 Å². The summed E-state index contributed by atoms with van der Waals surface area (Å²) in [5.74, 6) is -0.120. The van der Waals surface area contributed by atoms with Crippen LogP contribution in [0.4, 0.5) is 15.2 Å². The highest BCUT2D eigenvalue weighted by atomic mass is 32.2. The Morgan fingerprint density at radius 2 is 1.74 bits per heavy atom. The van der Waals surface area contributed by atoms with E-state index < -0.39 is 0 Å². The quantitative estimate of drug-likeness (QED) is 0.477. The van der Waals surface area contributed by atoms with Crippen molar-refractivity contribution in [3.63, 3.8) is 0 Å². The highest BCUT2D eigenvalue weighted by Gasteiger charge is 2.11. The first-order valence-electron chi connectivity index (χ1n) is 7.89. The normalized spacial score (nSPS) is 10.4. The van der Waals surface area contributed by atoms with Crippen LogP contribution >= 0.6 is 23.1 Å². The van der Waals surface area contributed by atoms with E-state index >= 15 is 0 Å². The minimum atomic E-state index is -0.310. The molecule has 0 radical (unpaired) electrons. The number of nitrogens with zero attached hydrogens (tertiary/aromatic N) is 2. The summed E-state index contributed by atoms with van der Waals surface area (Å²) in [7, 11) is 0. The van der Waals surface area contributed by atoms with Gasteiger partial charge in [0, 0.05) is 23.9 Å². The third-order valence-corrected chi connectivity index (χ3v) is 5.41. The number of hydrogen-bond acceptors (Lipinski definition) is 6. The molecular weight excluding hydrogens is 387 g/mol. The molecule has 0 saturated carbocycles. The SMILES string of the molecule is CC(=O)Nc1ccc(C(=O)Nc2nnc(SCc3ccc(F)cc3)s2)cc1. The van der Waals surface area contributed by atoms with E-state index in [2.05, 4.69) is 20.8 Å². The Labute approximate surface area is 163 Å². The van der Waals surface area contributed by atoms with Crippen molar-refractivity contribution in [3.05, 3.63) is 65.5 Å². The molecule has 0 atom stereocenters. The van der Waals surface area contributed by atoms with Crippen LogP contribution in [0.5, 0.6) is 0 Å². The van der Waals surface area contributed by atoms with Crippen LogP contribution in [0.2, 0.25) is 0 Å². The lowest BCUT2D eigenvalue weighted by atomic mass is 10.2. The molecule has 1 aromatic heterocycles. The van der Waals surface area contributed by atoms with E-state index in [4.69, 9.17) is 0 Å². The van der Waals surface area contributed by atoms with Gasteiger partial charge in [-0.25, -0.2) is 4.39 Å². The van der Waals surface area contributed by atoms with Crippen molar-refractivity contribution in [2.45, 2.75) is 17.0 Å². The first-order valence-corrected chi connectivity index (χ1v) is 9.69. The van der Waals surface area contributed by atoms with Gasteiger partial charge in [-0.1, -0.05) is 35.2 Å². The molecule has 2 aromatic carbocycles. The molecule has 1 heterocycles. The Bertz CT molecular complexity index is 943. The lowest BCUT2D eigenvalue weighted by Crippen LogP contribution is -2.12. The van der Waals surface area contributed by atoms with Crippen molar-refractivity contribution < 1.29 is 14.0 Å². The lowest BCUT2D eigenvalue weighted by molar-refractivity contribution is -0.114. The molecule has 27 heavy (non-hydrogen) atoms. The molecular formula is C18H15FN4O2S2. The van der Waals surface area contributed by atoms with Crippen molar-refractivity contribution >= 4 is 45.7 Å². The first kappa shape index (κ1) is 19.0. The van der Waals surface area contributed by atoms with Crippen LogP contribution in [0.3, 0.4) is 0 Å². The number of rotatable bonds is 6. The summed E-state index contributed by atoms with van der Waals surface area (Å²) in [5, 5.41) is 13.7. The molecule has 0 bridgehead atoms. The molecule has 0 saturated heterocycles. The molecule has 3 aromatic rings. The van der Waals surface area contributed by atoms with E-state index in [0.29, 0.717) is 26.5 Å². The minimum absolute atomic E-state index is 0.174. The van der Waals surface area contributed by atoms with Crippen molar-refractivity contribution in [2.24, 2.45) is 0 Å². The highest BCUT2D eigenvalue weighted by Crippen LogP contribution is 2.28. The van der Waals surface area contributed by atoms with Crippen LogP contribution in [0.1, 0.15) is 22.8 Å². The molecule has 2 amide bonds. The van der Waals surface area contributed by atoms with Crippen molar-refractivity contribution in [2.75, 3.05) is 10.6 Å². The lowest BCUT2D eigenvalue weighted by Gasteiger charge is -2.04. The average molecular weight is 402 g/mol. The Morgan fingerprint density at radius 1 is 1.04 bits per heavy atom. The second-order valence-corrected chi connectivity index (χ2v) is 7.70. The zero-order valence-electron chi connectivity index (χ0n) is 14.2. The molecule has 6 nitrogen and oxygen atoms in total. The predicted octanol–water partition coefficient (Wildman–Crippen LogP) is 4.18. The summed E-state index contributed by atoms with van der Waals surface area (Å²) in [6, 6.07) is 12.8. The molecule has 9 heteroatoms. The Hall–Kier alpha value is -2.78. The molecule has 0 spiro atoms. The van der Waals surface area contributed by atoms with Crippen LogP contribution in [0, 0.1) is 5.82 Å². The molecule has 0 aliphatic carbocycles. The van der Waals surface area contributed by atoms with Gasteiger partial charge >= 0.3 is 0 Å². The number of carbonyl (C=O) groups excluding carboxylic acids is 2. The number of aromatic nitrogens is 2. The summed E-state index contributed by atoms with van der Waals surface area (Å²) in [5.41, 5.74) is 2.04. The second kappa shape index (κ2) is 8.74. The number of halogens is 1. The van der Waals surface area contributed by atoms with Crippen LogP contribution in [0.15, 0.2) is 52.9 Å². The highest BCUT2D eigenvalue weighted by molar-refractivity contribution is 8.00. The summed E-state index contributed by atoms with van der Waals surface area (Å²) in [6.45, 7) is 1.42. The van der Waals surface area contributed by atoms with Gasteiger partial charge in [-0.2, -0.15) is 0 Å². The van der Waals surface area contributed by atoms with Gasteiger partial charge in [0.2, 0.25) is 11.0 Å². The maximum Gasteiger partial charge on any atom is 0.257 e. The van der Waals surface area contributed by atoms with Crippen LogP contribution < -0.4 is 10.6 Å². The number of amides is 2. The fraction of sp³-hybridized carbons (Fsp3) is 0.111. The fourth-order valence-electron chi connectivity index (χ4n) is 2.12. The smallest absolute Gasteiger partial charge is 0.257 e. The first-order chi connectivity index (χ1) is 13.0. The predicted molar refractivity (Wildman–Crippen MR) is 105 cm³/mol. The number of benzene rings is 2. The van der Waals surface area contributed by atoms with Gasteiger partial charge in [-0.3, -0.25) is 14.9 Å². The van der Waals surface area contributed by atoms with Crippen LogP contribution in [0.25, 0.3) is 0 Å². The molecule has 0 aliphatic heterocycles. The number of nitrogens with one attached hydrogen (secondary N) is 2. The maximum atomic E-state index is 12.9. The van der Waals surface area contributed by atoms with Gasteiger partial charge in [0.15, 0.2) is 4.34 Å². The molecule has 0 fully saturated rings. The molecule has 2 N–H and O–H groups in total. The number of thioether (sulfide) groups is 1. The van der Waals surface area contributed by atoms with E-state index in [1.165, 1.54) is 42.2 Å². The standard InChI is InChI=1S/C18H15FN4O2S2/c1-11(24)20-15-8-4-13(5-9-15)16(25)21-17-22-23-18(27-17)26-10-12-2-6-14(19)7-3-12/h2-9H,10H2,1H3,(H,20,24)(H,21,22,25). The zero-order chi connectivity index (χ0) is 19.2. The Morgan fingerprint density at radius 3 is 2.41 bits per heavy atom. The monoisotopic (exact) mass is 402 g/mol. The van der Waals surface area contributed by atoms with E-state index in [9.17, 15) is 14.0 Å². The Kier molecular flexibility index (Phi) is 6.15. The average Bonchev–Trinajstić information content (AvgIpc) is 3.08. The number of anilines is 2. The molecule has 3 rings (SSSR count). The van der Waals surface area contributed by atoms with Gasteiger partial charge in [0.25, 0.3) is 5.91 Å². The summed E-state index contributed by atoms with van der Waals surface area (Å²) >= 11 is 2.73. The molecule has 138 valence electrons. The molecule has 0 unspecified atom stereocenters. The second-order valence-electron chi connectivity index (χ2n) is 5.50. The topological polar surface area (TPSA) is 84.0 Å². The van der Waals surface area contributed by atoms with Crippen molar-refractivity contribution in [1.82, 2.24) is 10.2 Å². The third-order valence-electron chi connectivity index (χ3n) is 3.37. The number of hydrogen-bond donors (Lipinski definition) is 2. The van der Waals surface area contributed by atoms with Crippen molar-refractivity contribution in [1.29, 1.82) is 0 Å². The van der Waals surface area contributed by atoms with Gasteiger partial charge in [0.1, 0.15) is 5.82 Å². The number of carbonyl (C=O) groups is 2. The van der Waals surface area contributed by atoms with Crippen molar-refractivity contribution in [3.8, 4) is 0 Å². The van der Waals surface area contributed by atoms with Gasteiger partial charge < -0.3 is 5.32 Å². The summed E-state index contributed by atoms with van der Waals surface area (Å²) in [4.78, 5) is 23.3. The van der Waals surface area contributed by atoms with Gasteiger partial charge in [0.05, 0.1) is 0 Å². The van der Waals surface area contributed by atoms with Crippen LogP contribution in [-0.2, 0) is 10.5 Å². The fourth-order valence-corrected chi connectivity index (χ4v) is 3.82. The van der Waals surface area contributed by atoms with E-state index in [0.717, 1.165) is 5.56 Å². The Balaban J connectivity index is 1.55. The van der Waals surface area contributed by atoms with E-state index in [1.807, 2.05) is 0 Å². The molecule has 0 aliphatic rings. The van der Waals surface area contributed by atoms with Gasteiger partial charge in [-0.15, -0.1) is 10.2 Å². The summed E-state index contributed by atoms with van der Waals surface area (Å²) < 4.78 is 13.6. The largest absolute Gasteiger partial charge is 0.326 e. The third kappa shape index (κ3) is 5.60. The van der Waals surface area contributed by atoms with E-state index in [1.54, 1.807) is 36.4 Å². The van der Waals surface area contributed by atoms with Gasteiger partial charge in [-0.05, 0) is 42.0 Å². The minimum Gasteiger partial charge on any atom is -0.326 e. The zero-order valence-corrected chi connectivity index (χ0v) is 15.9. The maximum absolute atomic E-state index is 12.9. The summed E-state index contributed by atoms with van der Waals surface area (Å²) in [6.07, 6.45) is 0.